The monoisotopic (exact) mass is 267 g/mol. The Balaban J connectivity index is 1.95. The van der Waals surface area contributed by atoms with Gasteiger partial charge in [-0.2, -0.15) is 5.10 Å². The minimum absolute atomic E-state index is 0.282. The fourth-order valence-corrected chi connectivity index (χ4v) is 2.02. The molecule has 6 heteroatoms. The number of hydrogen-bond donors (Lipinski definition) is 2. The highest BCUT2D eigenvalue weighted by Gasteiger charge is 2.11. The molecule has 0 radical (unpaired) electrons. The molecule has 1 amide bonds. The summed E-state index contributed by atoms with van der Waals surface area (Å²) in [6.45, 7) is 0. The van der Waals surface area contributed by atoms with E-state index in [1.807, 2.05) is 24.3 Å². The Hall–Kier alpha value is -2.89. The van der Waals surface area contributed by atoms with Crippen LogP contribution < -0.4 is 11.1 Å². The van der Waals surface area contributed by atoms with Gasteiger partial charge in [-0.25, -0.2) is 4.98 Å². The van der Waals surface area contributed by atoms with Gasteiger partial charge in [0.1, 0.15) is 11.5 Å². The van der Waals surface area contributed by atoms with E-state index in [0.29, 0.717) is 11.5 Å². The number of aryl methyl sites for hydroxylation is 1. The second-order valence-electron chi connectivity index (χ2n) is 4.47. The first-order valence-corrected chi connectivity index (χ1v) is 6.09. The number of fused-ring (bicyclic) bond motifs is 1. The zero-order valence-corrected chi connectivity index (χ0v) is 10.9. The van der Waals surface area contributed by atoms with Crippen molar-refractivity contribution in [2.75, 3.05) is 11.1 Å². The maximum absolute atomic E-state index is 12.2. The summed E-state index contributed by atoms with van der Waals surface area (Å²) in [6.07, 6.45) is 3.28. The van der Waals surface area contributed by atoms with Crippen molar-refractivity contribution in [2.45, 2.75) is 0 Å². The summed E-state index contributed by atoms with van der Waals surface area (Å²) in [5, 5.41) is 8.44. The van der Waals surface area contributed by atoms with Crippen molar-refractivity contribution in [3.63, 3.8) is 0 Å². The van der Waals surface area contributed by atoms with Gasteiger partial charge in [0, 0.05) is 18.6 Å². The lowest BCUT2D eigenvalue weighted by Gasteiger charge is -2.06. The molecule has 0 bridgehead atoms. The third-order valence-electron chi connectivity index (χ3n) is 2.97. The number of pyridine rings is 1. The molecule has 20 heavy (non-hydrogen) atoms. The molecule has 0 aliphatic carbocycles. The number of rotatable bonds is 2. The van der Waals surface area contributed by atoms with Gasteiger partial charge < -0.3 is 11.1 Å². The molecule has 2 heterocycles. The number of carbonyl (C=O) groups is 1. The van der Waals surface area contributed by atoms with Gasteiger partial charge in [-0.3, -0.25) is 9.48 Å². The van der Waals surface area contributed by atoms with Gasteiger partial charge in [-0.1, -0.05) is 24.3 Å². The van der Waals surface area contributed by atoms with Gasteiger partial charge in [-0.15, -0.1) is 0 Å². The fourth-order valence-electron chi connectivity index (χ4n) is 2.02. The number of nitrogens with two attached hydrogens (primary N) is 1. The van der Waals surface area contributed by atoms with E-state index in [0.717, 1.165) is 10.8 Å². The first-order valence-electron chi connectivity index (χ1n) is 6.09. The summed E-state index contributed by atoms with van der Waals surface area (Å²) in [6, 6.07) is 9.27. The highest BCUT2D eigenvalue weighted by Crippen LogP contribution is 2.20. The molecule has 0 fully saturated rings. The molecule has 0 atom stereocenters. The van der Waals surface area contributed by atoms with Gasteiger partial charge >= 0.3 is 0 Å². The van der Waals surface area contributed by atoms with Crippen molar-refractivity contribution in [3.05, 3.63) is 48.4 Å². The molecule has 0 saturated heterocycles. The number of amides is 1. The second-order valence-corrected chi connectivity index (χ2v) is 4.47. The number of aromatic nitrogens is 3. The Bertz CT molecular complexity index is 793. The predicted molar refractivity (Wildman–Crippen MR) is 77.3 cm³/mol. The molecule has 3 aromatic rings. The molecule has 100 valence electrons. The van der Waals surface area contributed by atoms with Crippen LogP contribution in [0.1, 0.15) is 10.5 Å². The zero-order valence-electron chi connectivity index (χ0n) is 10.9. The largest absolute Gasteiger partial charge is 0.383 e. The molecular weight excluding hydrogens is 254 g/mol. The first kappa shape index (κ1) is 12.2. The molecular formula is C14H13N5O. The van der Waals surface area contributed by atoms with Crippen LogP contribution in [0.15, 0.2) is 42.7 Å². The minimum atomic E-state index is -0.310. The third-order valence-corrected chi connectivity index (χ3v) is 2.97. The summed E-state index contributed by atoms with van der Waals surface area (Å²) in [7, 11) is 1.78. The van der Waals surface area contributed by atoms with E-state index in [2.05, 4.69) is 15.4 Å². The number of anilines is 2. The molecule has 0 aliphatic heterocycles. The van der Waals surface area contributed by atoms with Crippen LogP contribution >= 0.6 is 0 Å². The van der Waals surface area contributed by atoms with Crippen LogP contribution in [-0.4, -0.2) is 20.7 Å². The number of nitrogens with zero attached hydrogens (tertiary/aromatic N) is 3. The maximum Gasteiger partial charge on any atom is 0.274 e. The van der Waals surface area contributed by atoms with Crippen LogP contribution in [0.2, 0.25) is 0 Å². The summed E-state index contributed by atoms with van der Waals surface area (Å²) in [5.41, 5.74) is 6.78. The number of nitrogens with one attached hydrogen (secondary N) is 1. The third kappa shape index (κ3) is 2.18. The summed E-state index contributed by atoms with van der Waals surface area (Å²) in [5.74, 6) is 0.0369. The Morgan fingerprint density at radius 2 is 2.15 bits per heavy atom. The van der Waals surface area contributed by atoms with Gasteiger partial charge in [0.05, 0.1) is 11.9 Å². The van der Waals surface area contributed by atoms with Crippen molar-refractivity contribution in [2.24, 2.45) is 7.05 Å². The normalized spacial score (nSPS) is 10.7. The average molecular weight is 267 g/mol. The molecule has 0 spiro atoms. The highest BCUT2D eigenvalue weighted by atomic mass is 16.1. The summed E-state index contributed by atoms with van der Waals surface area (Å²) >= 11 is 0. The minimum Gasteiger partial charge on any atom is -0.383 e. The lowest BCUT2D eigenvalue weighted by Crippen LogP contribution is -2.14. The topological polar surface area (TPSA) is 85.8 Å². The van der Waals surface area contributed by atoms with Crippen LogP contribution in [-0.2, 0) is 7.05 Å². The van der Waals surface area contributed by atoms with Crippen LogP contribution in [0.5, 0.6) is 0 Å². The van der Waals surface area contributed by atoms with Crippen molar-refractivity contribution >= 4 is 28.2 Å². The lowest BCUT2D eigenvalue weighted by molar-refractivity contribution is 0.102. The van der Waals surface area contributed by atoms with E-state index >= 15 is 0 Å². The zero-order chi connectivity index (χ0) is 14.1. The standard InChI is InChI=1S/C14H13N5O/c1-19-8-10(7-16-19)17-14(20)12-6-9-4-2-3-5-11(9)13(15)18-12/h2-8H,1H3,(H2,15,18)(H,17,20). The van der Waals surface area contributed by atoms with E-state index in [9.17, 15) is 4.79 Å². The Morgan fingerprint density at radius 1 is 1.35 bits per heavy atom. The number of benzene rings is 1. The van der Waals surface area contributed by atoms with Crippen molar-refractivity contribution < 1.29 is 4.79 Å². The van der Waals surface area contributed by atoms with Crippen LogP contribution in [0, 0.1) is 0 Å². The Labute approximate surface area is 115 Å². The highest BCUT2D eigenvalue weighted by molar-refractivity contribution is 6.06. The Morgan fingerprint density at radius 3 is 2.90 bits per heavy atom. The molecule has 6 nitrogen and oxygen atoms in total. The summed E-state index contributed by atoms with van der Waals surface area (Å²) < 4.78 is 1.61. The van der Waals surface area contributed by atoms with Crippen molar-refractivity contribution in [1.29, 1.82) is 0 Å². The van der Waals surface area contributed by atoms with Crippen LogP contribution in [0.4, 0.5) is 11.5 Å². The van der Waals surface area contributed by atoms with Gasteiger partial charge in [0.2, 0.25) is 0 Å². The molecule has 1 aromatic carbocycles. The maximum atomic E-state index is 12.2. The van der Waals surface area contributed by atoms with Gasteiger partial charge in [0.25, 0.3) is 5.91 Å². The summed E-state index contributed by atoms with van der Waals surface area (Å²) in [4.78, 5) is 16.3. The van der Waals surface area contributed by atoms with Crippen molar-refractivity contribution in [3.8, 4) is 0 Å². The number of nitrogen functional groups attached to an aromatic ring is 1. The van der Waals surface area contributed by atoms with Crippen LogP contribution in [0.3, 0.4) is 0 Å². The lowest BCUT2D eigenvalue weighted by atomic mass is 10.1. The van der Waals surface area contributed by atoms with Gasteiger partial charge in [-0.05, 0) is 11.5 Å². The molecule has 3 rings (SSSR count). The SMILES string of the molecule is Cn1cc(NC(=O)c2cc3ccccc3c(N)n2)cn1. The predicted octanol–water partition coefficient (Wildman–Crippen LogP) is 1.80. The molecule has 0 saturated carbocycles. The molecule has 3 N–H and O–H groups in total. The first-order chi connectivity index (χ1) is 9.63. The average Bonchev–Trinajstić information content (AvgIpc) is 2.84. The number of carbonyl (C=O) groups excluding carboxylic acids is 1. The van der Waals surface area contributed by atoms with E-state index in [1.165, 1.54) is 0 Å². The quantitative estimate of drug-likeness (QED) is 0.741. The smallest absolute Gasteiger partial charge is 0.274 e. The molecule has 2 aromatic heterocycles. The van der Waals surface area contributed by atoms with Gasteiger partial charge in [0.15, 0.2) is 0 Å². The number of hydrogen-bond acceptors (Lipinski definition) is 4. The molecule has 0 aliphatic rings. The van der Waals surface area contributed by atoms with E-state index in [1.54, 1.807) is 30.2 Å². The van der Waals surface area contributed by atoms with E-state index in [-0.39, 0.29) is 11.6 Å². The van der Waals surface area contributed by atoms with E-state index in [4.69, 9.17) is 5.73 Å². The Kier molecular flexibility index (Phi) is 2.83. The van der Waals surface area contributed by atoms with Crippen LogP contribution in [0.25, 0.3) is 10.8 Å². The second kappa shape index (κ2) is 4.65. The fraction of sp³-hybridized carbons (Fsp3) is 0.0714. The van der Waals surface area contributed by atoms with E-state index < -0.39 is 0 Å². The molecule has 0 unspecified atom stereocenters. The van der Waals surface area contributed by atoms with Crippen molar-refractivity contribution in [1.82, 2.24) is 14.8 Å².